The molecule has 0 saturated carbocycles. The van der Waals surface area contributed by atoms with Gasteiger partial charge in [-0.3, -0.25) is 9.10 Å². The van der Waals surface area contributed by atoms with E-state index in [0.717, 1.165) is 36.0 Å². The number of rotatable bonds is 9. The van der Waals surface area contributed by atoms with Gasteiger partial charge in [0, 0.05) is 25.8 Å². The van der Waals surface area contributed by atoms with Crippen molar-refractivity contribution in [3.63, 3.8) is 0 Å². The molecular weight excluding hydrogens is 386 g/mol. The minimum atomic E-state index is -3.62. The van der Waals surface area contributed by atoms with Crippen LogP contribution in [0, 0.1) is 13.8 Å². The molecule has 1 N–H and O–H groups in total. The average molecular weight is 418 g/mol. The summed E-state index contributed by atoms with van der Waals surface area (Å²) in [7, 11) is -1.61. The summed E-state index contributed by atoms with van der Waals surface area (Å²) in [5, 5.41) is 2.87. The quantitative estimate of drug-likeness (QED) is 0.637. The molecule has 158 valence electrons. The summed E-state index contributed by atoms with van der Waals surface area (Å²) >= 11 is 0. The molecule has 0 aliphatic heterocycles. The predicted molar refractivity (Wildman–Crippen MR) is 120 cm³/mol. The van der Waals surface area contributed by atoms with Crippen LogP contribution >= 0.6 is 0 Å². The van der Waals surface area contributed by atoms with Gasteiger partial charge in [-0.1, -0.05) is 30.3 Å². The van der Waals surface area contributed by atoms with Gasteiger partial charge in [0.25, 0.3) is 0 Å². The SMILES string of the molecule is Cc1ccc(C)c(N([C@H](C)C(=O)NCCCN(C)c2ccccc2)S(C)(=O)=O)c1. The van der Waals surface area contributed by atoms with Gasteiger partial charge in [0.15, 0.2) is 0 Å². The molecule has 6 nitrogen and oxygen atoms in total. The van der Waals surface area contributed by atoms with Crippen molar-refractivity contribution in [3.05, 3.63) is 59.7 Å². The summed E-state index contributed by atoms with van der Waals surface area (Å²) in [6, 6.07) is 14.8. The minimum absolute atomic E-state index is 0.307. The third-order valence-corrected chi connectivity index (χ3v) is 6.08. The lowest BCUT2D eigenvalue weighted by molar-refractivity contribution is -0.121. The largest absolute Gasteiger partial charge is 0.375 e. The lowest BCUT2D eigenvalue weighted by atomic mass is 10.1. The maximum atomic E-state index is 12.7. The van der Waals surface area contributed by atoms with E-state index < -0.39 is 16.1 Å². The summed E-state index contributed by atoms with van der Waals surface area (Å²) in [5.74, 6) is -0.307. The first-order chi connectivity index (χ1) is 13.6. The van der Waals surface area contributed by atoms with Crippen LogP contribution in [0.1, 0.15) is 24.5 Å². The Morgan fingerprint density at radius 2 is 1.76 bits per heavy atom. The molecule has 0 unspecified atom stereocenters. The molecule has 0 aromatic heterocycles. The Balaban J connectivity index is 2.00. The van der Waals surface area contributed by atoms with E-state index in [1.54, 1.807) is 13.0 Å². The normalized spacial score (nSPS) is 12.3. The molecule has 7 heteroatoms. The number of carbonyl (C=O) groups is 1. The van der Waals surface area contributed by atoms with Crippen LogP contribution in [0.15, 0.2) is 48.5 Å². The van der Waals surface area contributed by atoms with Gasteiger partial charge in [-0.05, 0) is 56.5 Å². The lowest BCUT2D eigenvalue weighted by Crippen LogP contribution is -2.48. The van der Waals surface area contributed by atoms with Crippen LogP contribution in [-0.2, 0) is 14.8 Å². The first-order valence-corrected chi connectivity index (χ1v) is 11.6. The van der Waals surface area contributed by atoms with E-state index in [2.05, 4.69) is 10.2 Å². The number of hydrogen-bond acceptors (Lipinski definition) is 4. The Morgan fingerprint density at radius 3 is 2.38 bits per heavy atom. The monoisotopic (exact) mass is 417 g/mol. The van der Waals surface area contributed by atoms with Crippen molar-refractivity contribution in [2.75, 3.05) is 35.6 Å². The minimum Gasteiger partial charge on any atom is -0.375 e. The van der Waals surface area contributed by atoms with Crippen LogP contribution in [0.5, 0.6) is 0 Å². The molecule has 2 aromatic rings. The van der Waals surface area contributed by atoms with Crippen molar-refractivity contribution in [2.45, 2.75) is 33.2 Å². The molecule has 0 aliphatic carbocycles. The Hall–Kier alpha value is -2.54. The number of amides is 1. The van der Waals surface area contributed by atoms with E-state index in [-0.39, 0.29) is 5.91 Å². The fourth-order valence-corrected chi connectivity index (χ4v) is 4.45. The average Bonchev–Trinajstić information content (AvgIpc) is 2.67. The summed E-state index contributed by atoms with van der Waals surface area (Å²) < 4.78 is 26.1. The van der Waals surface area contributed by atoms with Crippen LogP contribution in [0.25, 0.3) is 0 Å². The van der Waals surface area contributed by atoms with Crippen molar-refractivity contribution in [1.29, 1.82) is 0 Å². The second-order valence-electron chi connectivity index (χ2n) is 7.43. The van der Waals surface area contributed by atoms with E-state index in [4.69, 9.17) is 0 Å². The van der Waals surface area contributed by atoms with Crippen LogP contribution in [0.3, 0.4) is 0 Å². The molecule has 0 saturated heterocycles. The van der Waals surface area contributed by atoms with Crippen LogP contribution < -0.4 is 14.5 Å². The summed E-state index contributed by atoms with van der Waals surface area (Å²) in [6.45, 7) is 6.62. The zero-order valence-corrected chi connectivity index (χ0v) is 18.7. The molecule has 0 aliphatic rings. The van der Waals surface area contributed by atoms with Gasteiger partial charge in [0.2, 0.25) is 15.9 Å². The van der Waals surface area contributed by atoms with Gasteiger partial charge in [-0.25, -0.2) is 8.42 Å². The van der Waals surface area contributed by atoms with Gasteiger partial charge >= 0.3 is 0 Å². The first-order valence-electron chi connectivity index (χ1n) is 9.72. The van der Waals surface area contributed by atoms with E-state index >= 15 is 0 Å². The van der Waals surface area contributed by atoms with E-state index in [0.29, 0.717) is 12.2 Å². The number of carbonyl (C=O) groups excluding carboxylic acids is 1. The molecule has 1 atom stereocenters. The maximum absolute atomic E-state index is 12.7. The topological polar surface area (TPSA) is 69.7 Å². The van der Waals surface area contributed by atoms with Crippen molar-refractivity contribution >= 4 is 27.3 Å². The number of nitrogens with one attached hydrogen (secondary N) is 1. The van der Waals surface area contributed by atoms with Crippen LogP contribution in [0.2, 0.25) is 0 Å². The molecule has 1 amide bonds. The fourth-order valence-electron chi connectivity index (χ4n) is 3.22. The molecular formula is C22H31N3O3S. The highest BCUT2D eigenvalue weighted by atomic mass is 32.2. The van der Waals surface area contributed by atoms with E-state index in [1.165, 1.54) is 4.31 Å². The molecule has 0 fully saturated rings. The first kappa shape index (κ1) is 22.7. The van der Waals surface area contributed by atoms with Crippen molar-refractivity contribution in [2.24, 2.45) is 0 Å². The highest BCUT2D eigenvalue weighted by Gasteiger charge is 2.30. The Kier molecular flexibility index (Phi) is 7.67. The molecule has 2 aromatic carbocycles. The van der Waals surface area contributed by atoms with E-state index in [1.807, 2.05) is 63.4 Å². The molecule has 0 spiro atoms. The summed E-state index contributed by atoms with van der Waals surface area (Å²) in [5.41, 5.74) is 3.41. The van der Waals surface area contributed by atoms with Crippen molar-refractivity contribution in [1.82, 2.24) is 5.32 Å². The second kappa shape index (κ2) is 9.78. The third-order valence-electron chi connectivity index (χ3n) is 4.86. The maximum Gasteiger partial charge on any atom is 0.243 e. The van der Waals surface area contributed by atoms with Crippen LogP contribution in [-0.4, -0.2) is 46.8 Å². The molecule has 0 radical (unpaired) electrons. The fraction of sp³-hybridized carbons (Fsp3) is 0.409. The van der Waals surface area contributed by atoms with Crippen LogP contribution in [0.4, 0.5) is 11.4 Å². The van der Waals surface area contributed by atoms with Gasteiger partial charge in [0.05, 0.1) is 11.9 Å². The van der Waals surface area contributed by atoms with Gasteiger partial charge < -0.3 is 10.2 Å². The number of aryl methyl sites for hydroxylation is 2. The Bertz CT molecular complexity index is 930. The van der Waals surface area contributed by atoms with Crippen molar-refractivity contribution in [3.8, 4) is 0 Å². The van der Waals surface area contributed by atoms with Gasteiger partial charge in [-0.2, -0.15) is 0 Å². The zero-order valence-electron chi connectivity index (χ0n) is 17.8. The number of sulfonamides is 1. The standard InChI is InChI=1S/C22H31N3O3S/c1-17-12-13-18(2)21(16-17)25(29(5,27)28)19(3)22(26)23-14-9-15-24(4)20-10-7-6-8-11-20/h6-8,10-13,16,19H,9,14-15H2,1-5H3,(H,23,26)/t19-/m1/s1. The van der Waals surface area contributed by atoms with Crippen molar-refractivity contribution < 1.29 is 13.2 Å². The summed E-state index contributed by atoms with van der Waals surface area (Å²) in [4.78, 5) is 14.8. The Morgan fingerprint density at radius 1 is 1.10 bits per heavy atom. The van der Waals surface area contributed by atoms with Gasteiger partial charge in [-0.15, -0.1) is 0 Å². The summed E-state index contributed by atoms with van der Waals surface area (Å²) in [6.07, 6.45) is 1.89. The molecule has 29 heavy (non-hydrogen) atoms. The Labute approximate surface area is 174 Å². The number of benzene rings is 2. The highest BCUT2D eigenvalue weighted by molar-refractivity contribution is 7.92. The van der Waals surface area contributed by atoms with Gasteiger partial charge in [0.1, 0.15) is 6.04 Å². The second-order valence-corrected chi connectivity index (χ2v) is 9.29. The lowest BCUT2D eigenvalue weighted by Gasteiger charge is -2.30. The predicted octanol–water partition coefficient (Wildman–Crippen LogP) is 3.10. The number of anilines is 2. The number of nitrogens with zero attached hydrogens (tertiary/aromatic N) is 2. The molecule has 0 heterocycles. The number of para-hydroxylation sites is 1. The molecule has 0 bridgehead atoms. The third kappa shape index (κ3) is 6.22. The highest BCUT2D eigenvalue weighted by Crippen LogP contribution is 2.26. The molecule has 2 rings (SSSR count). The zero-order chi connectivity index (χ0) is 21.6. The number of hydrogen-bond donors (Lipinski definition) is 1. The van der Waals surface area contributed by atoms with E-state index in [9.17, 15) is 13.2 Å². The smallest absolute Gasteiger partial charge is 0.243 e.